The fourth-order valence-electron chi connectivity index (χ4n) is 0.734. The summed E-state index contributed by atoms with van der Waals surface area (Å²) in [5.41, 5.74) is 5.31. The molecule has 5 heteroatoms. The van der Waals surface area contributed by atoms with Gasteiger partial charge >= 0.3 is 5.97 Å². The zero-order valence-corrected chi connectivity index (χ0v) is 6.03. The fourth-order valence-corrected chi connectivity index (χ4v) is 0.734. The average Bonchev–Trinajstić information content (AvgIpc) is 2.18. The predicted molar refractivity (Wildman–Crippen MR) is 35.5 cm³/mol. The van der Waals surface area contributed by atoms with Crippen LogP contribution in [0.3, 0.4) is 0 Å². The van der Waals surface area contributed by atoms with E-state index in [2.05, 4.69) is 4.84 Å². The lowest BCUT2D eigenvalue weighted by Gasteiger charge is -2.13. The van der Waals surface area contributed by atoms with Crippen molar-refractivity contribution >= 4 is 11.9 Å². The van der Waals surface area contributed by atoms with Crippen LogP contribution in [0.25, 0.3) is 0 Å². The molecule has 60 valence electrons. The third kappa shape index (κ3) is 1.49. The summed E-state index contributed by atoms with van der Waals surface area (Å²) in [5, 5.41) is 0.794. The summed E-state index contributed by atoms with van der Waals surface area (Å²) in [7, 11) is 0. The zero-order chi connectivity index (χ0) is 8.43. The van der Waals surface area contributed by atoms with E-state index in [1.54, 1.807) is 0 Å². The number of rotatable bonds is 1. The molecular weight excluding hydrogens is 148 g/mol. The molecule has 1 heterocycles. The maximum absolute atomic E-state index is 10.8. The van der Waals surface area contributed by atoms with E-state index in [0.29, 0.717) is 0 Å². The molecule has 0 atom stereocenters. The van der Waals surface area contributed by atoms with Crippen LogP contribution < -0.4 is 5.73 Å². The number of carbonyl (C=O) groups is 2. The van der Waals surface area contributed by atoms with Crippen LogP contribution >= 0.6 is 0 Å². The van der Waals surface area contributed by atoms with Crippen LogP contribution in [0.2, 0.25) is 0 Å². The monoisotopic (exact) mass is 156 g/mol. The van der Waals surface area contributed by atoms with E-state index in [4.69, 9.17) is 5.73 Å². The number of hydrogen-bond acceptors (Lipinski definition) is 4. The van der Waals surface area contributed by atoms with Crippen molar-refractivity contribution in [3.05, 3.63) is 11.9 Å². The Morgan fingerprint density at radius 1 is 1.82 bits per heavy atom. The first-order chi connectivity index (χ1) is 5.11. The highest BCUT2D eigenvalue weighted by molar-refractivity contribution is 5.82. The molecule has 0 aromatic carbocycles. The Bertz CT molecular complexity index is 234. The van der Waals surface area contributed by atoms with Crippen molar-refractivity contribution in [1.29, 1.82) is 0 Å². The van der Waals surface area contributed by atoms with Crippen LogP contribution in [0.5, 0.6) is 0 Å². The van der Waals surface area contributed by atoms with Gasteiger partial charge in [0, 0.05) is 6.92 Å². The van der Waals surface area contributed by atoms with Gasteiger partial charge in [-0.15, -0.1) is 5.06 Å². The first-order valence-electron chi connectivity index (χ1n) is 3.08. The highest BCUT2D eigenvalue weighted by Gasteiger charge is 2.24. The molecule has 0 saturated heterocycles. The maximum Gasteiger partial charge on any atom is 0.330 e. The van der Waals surface area contributed by atoms with Crippen LogP contribution in [0.15, 0.2) is 11.9 Å². The lowest BCUT2D eigenvalue weighted by atomic mass is 10.5. The summed E-state index contributed by atoms with van der Waals surface area (Å²) < 4.78 is 0. The van der Waals surface area contributed by atoms with Gasteiger partial charge in [0.1, 0.15) is 5.82 Å². The van der Waals surface area contributed by atoms with Crippen molar-refractivity contribution in [2.24, 2.45) is 5.73 Å². The average molecular weight is 156 g/mol. The number of nitrogens with zero attached hydrogens (tertiary/aromatic N) is 1. The van der Waals surface area contributed by atoms with Crippen molar-refractivity contribution in [2.45, 2.75) is 13.3 Å². The summed E-state index contributed by atoms with van der Waals surface area (Å²) in [5.74, 6) is -0.709. The summed E-state index contributed by atoms with van der Waals surface area (Å²) >= 11 is 0. The van der Waals surface area contributed by atoms with Gasteiger partial charge in [-0.25, -0.2) is 4.79 Å². The van der Waals surface area contributed by atoms with Crippen LogP contribution in [0, 0.1) is 0 Å². The number of carbonyl (C=O) groups excluding carboxylic acids is 2. The van der Waals surface area contributed by atoms with Gasteiger partial charge in [-0.05, 0) is 6.08 Å². The summed E-state index contributed by atoms with van der Waals surface area (Å²) in [6, 6.07) is 0. The Balaban J connectivity index is 2.63. The van der Waals surface area contributed by atoms with Gasteiger partial charge in [-0.2, -0.15) is 0 Å². The van der Waals surface area contributed by atoms with Crippen molar-refractivity contribution in [1.82, 2.24) is 5.06 Å². The third-order valence-corrected chi connectivity index (χ3v) is 1.17. The van der Waals surface area contributed by atoms with Crippen molar-refractivity contribution in [3.63, 3.8) is 0 Å². The number of hydroxylamine groups is 2. The van der Waals surface area contributed by atoms with Crippen LogP contribution in [-0.2, 0) is 14.4 Å². The molecule has 0 bridgehead atoms. The second kappa shape index (κ2) is 2.61. The van der Waals surface area contributed by atoms with Gasteiger partial charge in [0.25, 0.3) is 5.91 Å². The highest BCUT2D eigenvalue weighted by Crippen LogP contribution is 2.11. The number of nitrogens with two attached hydrogens (primary N) is 1. The normalized spacial score (nSPS) is 16.6. The minimum atomic E-state index is -0.559. The quantitative estimate of drug-likeness (QED) is 0.555. The first-order valence-corrected chi connectivity index (χ1v) is 3.08. The van der Waals surface area contributed by atoms with E-state index in [1.807, 2.05) is 0 Å². The van der Waals surface area contributed by atoms with Gasteiger partial charge in [0.15, 0.2) is 0 Å². The molecule has 0 aromatic rings. The molecule has 0 unspecified atom stereocenters. The third-order valence-electron chi connectivity index (χ3n) is 1.17. The van der Waals surface area contributed by atoms with Crippen LogP contribution in [0.4, 0.5) is 0 Å². The Labute approximate surface area is 63.4 Å². The summed E-state index contributed by atoms with van der Waals surface area (Å²) in [6.45, 7) is 1.21. The molecule has 0 fully saturated rings. The molecule has 0 aromatic heterocycles. The van der Waals surface area contributed by atoms with Crippen LogP contribution in [-0.4, -0.2) is 16.9 Å². The zero-order valence-electron chi connectivity index (χ0n) is 6.03. The molecular formula is C6H8N2O3. The molecule has 5 nitrogen and oxygen atoms in total. The molecule has 1 rings (SSSR count). The van der Waals surface area contributed by atoms with Crippen LogP contribution in [0.1, 0.15) is 13.3 Å². The Morgan fingerprint density at radius 2 is 2.45 bits per heavy atom. The summed E-state index contributed by atoms with van der Waals surface area (Å²) in [6.07, 6.45) is 1.68. The summed E-state index contributed by atoms with van der Waals surface area (Å²) in [4.78, 5) is 25.7. The first kappa shape index (κ1) is 7.59. The number of hydrogen-bond donors (Lipinski definition) is 1. The molecule has 1 amide bonds. The predicted octanol–water partition coefficient (Wildman–Crippen LogP) is -0.503. The molecule has 2 N–H and O–H groups in total. The van der Waals surface area contributed by atoms with E-state index < -0.39 is 5.97 Å². The van der Waals surface area contributed by atoms with Crippen molar-refractivity contribution in [3.8, 4) is 0 Å². The van der Waals surface area contributed by atoms with Crippen molar-refractivity contribution < 1.29 is 14.4 Å². The minimum absolute atomic E-state index is 0.171. The molecule has 0 radical (unpaired) electrons. The largest absolute Gasteiger partial charge is 0.383 e. The lowest BCUT2D eigenvalue weighted by molar-refractivity contribution is -0.186. The van der Waals surface area contributed by atoms with E-state index in [1.165, 1.54) is 13.0 Å². The molecule has 11 heavy (non-hydrogen) atoms. The second-order valence-corrected chi connectivity index (χ2v) is 2.10. The lowest BCUT2D eigenvalue weighted by Crippen LogP contribution is -2.30. The van der Waals surface area contributed by atoms with E-state index in [0.717, 1.165) is 5.06 Å². The molecule has 0 spiro atoms. The Morgan fingerprint density at radius 3 is 2.82 bits per heavy atom. The molecule has 0 saturated carbocycles. The van der Waals surface area contributed by atoms with Gasteiger partial charge in [-0.3, -0.25) is 4.79 Å². The van der Waals surface area contributed by atoms with E-state index in [9.17, 15) is 9.59 Å². The standard InChI is InChI=1S/C6H8N2O3/c1-4(9)11-8-5(7)2-3-6(8)10/h2H,3,7H2,1H3. The van der Waals surface area contributed by atoms with Gasteiger partial charge < -0.3 is 10.6 Å². The van der Waals surface area contributed by atoms with E-state index >= 15 is 0 Å². The molecule has 1 aliphatic rings. The topological polar surface area (TPSA) is 72.6 Å². The molecule has 1 aliphatic heterocycles. The highest BCUT2D eigenvalue weighted by atomic mass is 16.7. The smallest absolute Gasteiger partial charge is 0.330 e. The number of amides is 1. The Hall–Kier alpha value is -1.52. The van der Waals surface area contributed by atoms with Gasteiger partial charge in [-0.1, -0.05) is 0 Å². The van der Waals surface area contributed by atoms with Crippen molar-refractivity contribution in [2.75, 3.05) is 0 Å². The maximum atomic E-state index is 10.8. The minimum Gasteiger partial charge on any atom is -0.383 e. The van der Waals surface area contributed by atoms with Gasteiger partial charge in [0.05, 0.1) is 6.42 Å². The molecule has 0 aliphatic carbocycles. The fraction of sp³-hybridized carbons (Fsp3) is 0.333. The Kier molecular flexibility index (Phi) is 1.80. The SMILES string of the molecule is CC(=O)ON1C(=O)CC=C1N. The van der Waals surface area contributed by atoms with Gasteiger partial charge in [0.2, 0.25) is 0 Å². The van der Waals surface area contributed by atoms with E-state index in [-0.39, 0.29) is 18.1 Å². The second-order valence-electron chi connectivity index (χ2n) is 2.10.